The van der Waals surface area contributed by atoms with E-state index in [4.69, 9.17) is 4.98 Å². The van der Waals surface area contributed by atoms with Crippen LogP contribution in [0.5, 0.6) is 0 Å². The predicted octanol–water partition coefficient (Wildman–Crippen LogP) is 9.34. The van der Waals surface area contributed by atoms with Gasteiger partial charge in [0, 0.05) is 16.9 Å². The van der Waals surface area contributed by atoms with Crippen LogP contribution in [0.15, 0.2) is 48.1 Å². The average Bonchev–Trinajstić information content (AvgIpc) is 2.83. The maximum atomic E-state index is 14.9. The van der Waals surface area contributed by atoms with Crippen molar-refractivity contribution in [3.05, 3.63) is 81.9 Å². The van der Waals surface area contributed by atoms with E-state index in [2.05, 4.69) is 59.9 Å². The standard InChI is InChI=1S/C32H40FN/c1-9-23-29-20(6)14-15-25-22(8)27(33)18-28(30(25)29)34-31(23)21(7)17-26-24(19(4)5)13-12-16-32(26,10-2)11-3/h10,17-18,20H,2,4,9,11-16H2,1,3,5-8H3/b21-17+. The Kier molecular flexibility index (Phi) is 6.73. The zero-order valence-corrected chi connectivity index (χ0v) is 22.0. The first-order chi connectivity index (χ1) is 16.2. The number of halogens is 1. The number of allylic oxidation sites excluding steroid dienone is 6. The maximum Gasteiger partial charge on any atom is 0.128 e. The van der Waals surface area contributed by atoms with Crippen molar-refractivity contribution in [1.29, 1.82) is 0 Å². The molecule has 2 aliphatic rings. The molecule has 1 aromatic carbocycles. The van der Waals surface area contributed by atoms with Gasteiger partial charge in [0.1, 0.15) is 5.82 Å². The van der Waals surface area contributed by atoms with Crippen molar-refractivity contribution in [3.8, 4) is 0 Å². The molecular formula is C32H40FN. The minimum absolute atomic E-state index is 0.0328. The van der Waals surface area contributed by atoms with Crippen molar-refractivity contribution in [1.82, 2.24) is 4.98 Å². The Morgan fingerprint density at radius 3 is 2.62 bits per heavy atom. The lowest BCUT2D eigenvalue weighted by molar-refractivity contribution is 0.378. The van der Waals surface area contributed by atoms with E-state index in [1.165, 1.54) is 27.7 Å². The molecule has 4 rings (SSSR count). The summed E-state index contributed by atoms with van der Waals surface area (Å²) in [6, 6.07) is 1.66. The van der Waals surface area contributed by atoms with Crippen LogP contribution in [-0.2, 0) is 12.8 Å². The lowest BCUT2D eigenvalue weighted by Crippen LogP contribution is -2.24. The van der Waals surface area contributed by atoms with Gasteiger partial charge in [-0.15, -0.1) is 6.58 Å². The van der Waals surface area contributed by atoms with E-state index >= 15 is 0 Å². The molecular weight excluding hydrogens is 417 g/mol. The van der Waals surface area contributed by atoms with Crippen LogP contribution in [0.1, 0.15) is 101 Å². The Morgan fingerprint density at radius 1 is 1.26 bits per heavy atom. The second kappa shape index (κ2) is 9.29. The molecule has 0 saturated heterocycles. The number of benzene rings is 1. The summed E-state index contributed by atoms with van der Waals surface area (Å²) in [6.07, 6.45) is 11.8. The smallest absolute Gasteiger partial charge is 0.128 e. The third-order valence-electron chi connectivity index (χ3n) is 8.60. The molecule has 0 bridgehead atoms. The van der Waals surface area contributed by atoms with Gasteiger partial charge in [0.05, 0.1) is 11.2 Å². The number of aromatic nitrogens is 1. The van der Waals surface area contributed by atoms with Gasteiger partial charge in [-0.25, -0.2) is 9.37 Å². The van der Waals surface area contributed by atoms with Gasteiger partial charge >= 0.3 is 0 Å². The first kappa shape index (κ1) is 24.6. The highest BCUT2D eigenvalue weighted by Crippen LogP contribution is 2.48. The Labute approximate surface area is 205 Å². The molecule has 2 unspecified atom stereocenters. The van der Waals surface area contributed by atoms with Crippen LogP contribution in [0.2, 0.25) is 0 Å². The second-order valence-electron chi connectivity index (χ2n) is 10.6. The fourth-order valence-electron chi connectivity index (χ4n) is 6.52. The van der Waals surface area contributed by atoms with Gasteiger partial charge in [0.15, 0.2) is 0 Å². The van der Waals surface area contributed by atoms with Crippen molar-refractivity contribution >= 4 is 16.5 Å². The highest BCUT2D eigenvalue weighted by molar-refractivity contribution is 5.91. The maximum absolute atomic E-state index is 14.9. The molecule has 0 radical (unpaired) electrons. The van der Waals surface area contributed by atoms with Crippen LogP contribution >= 0.6 is 0 Å². The molecule has 2 aromatic rings. The highest BCUT2D eigenvalue weighted by atomic mass is 19.1. The van der Waals surface area contributed by atoms with Gasteiger partial charge in [-0.05, 0) is 111 Å². The number of hydrogen-bond acceptors (Lipinski definition) is 1. The molecule has 2 heteroatoms. The SMILES string of the molecule is C=CC1(CC)CCCC(C(=C)C)=C1/C=C(\C)c1nc2cc(F)c(C)c3c2c(c1CC)C(C)CC3. The normalized spacial score (nSPS) is 22.9. The second-order valence-corrected chi connectivity index (χ2v) is 10.6. The molecule has 180 valence electrons. The van der Waals surface area contributed by atoms with Crippen LogP contribution in [0.4, 0.5) is 4.39 Å². The Balaban J connectivity index is 2.03. The van der Waals surface area contributed by atoms with Gasteiger partial charge in [-0.2, -0.15) is 0 Å². The van der Waals surface area contributed by atoms with Gasteiger partial charge < -0.3 is 0 Å². The van der Waals surface area contributed by atoms with Crippen molar-refractivity contribution in [2.75, 3.05) is 0 Å². The third kappa shape index (κ3) is 3.80. The van der Waals surface area contributed by atoms with Gasteiger partial charge in [-0.1, -0.05) is 45.1 Å². The molecule has 34 heavy (non-hydrogen) atoms. The number of pyridine rings is 1. The Bertz CT molecular complexity index is 1240. The van der Waals surface area contributed by atoms with Crippen LogP contribution in [-0.4, -0.2) is 4.98 Å². The van der Waals surface area contributed by atoms with E-state index in [0.29, 0.717) is 5.92 Å². The molecule has 2 atom stereocenters. The van der Waals surface area contributed by atoms with Gasteiger partial charge in [0.2, 0.25) is 0 Å². The quantitative estimate of drug-likeness (QED) is 0.394. The highest BCUT2D eigenvalue weighted by Gasteiger charge is 2.34. The fraction of sp³-hybridized carbons (Fsp3) is 0.469. The van der Waals surface area contributed by atoms with E-state index in [9.17, 15) is 4.39 Å². The summed E-state index contributed by atoms with van der Waals surface area (Å²) in [6.45, 7) is 21.6. The molecule has 0 amide bonds. The summed E-state index contributed by atoms with van der Waals surface area (Å²) in [4.78, 5) is 5.14. The van der Waals surface area contributed by atoms with E-state index in [1.54, 1.807) is 6.07 Å². The fourth-order valence-corrected chi connectivity index (χ4v) is 6.52. The first-order valence-corrected chi connectivity index (χ1v) is 13.0. The zero-order valence-electron chi connectivity index (χ0n) is 22.0. The summed E-state index contributed by atoms with van der Waals surface area (Å²) in [7, 11) is 0. The summed E-state index contributed by atoms with van der Waals surface area (Å²) in [5.74, 6) is 0.315. The Hall–Kier alpha value is -2.48. The lowest BCUT2D eigenvalue weighted by Gasteiger charge is -2.38. The minimum Gasteiger partial charge on any atom is -0.248 e. The van der Waals surface area contributed by atoms with Crippen molar-refractivity contribution in [2.24, 2.45) is 5.41 Å². The third-order valence-corrected chi connectivity index (χ3v) is 8.60. The average molecular weight is 458 g/mol. The number of rotatable bonds is 6. The molecule has 0 spiro atoms. The molecule has 1 nitrogen and oxygen atoms in total. The Morgan fingerprint density at radius 2 is 2.00 bits per heavy atom. The van der Waals surface area contributed by atoms with Gasteiger partial charge in [0.25, 0.3) is 0 Å². The monoisotopic (exact) mass is 457 g/mol. The summed E-state index contributed by atoms with van der Waals surface area (Å²) in [5.41, 5.74) is 11.5. The molecule has 0 saturated carbocycles. The molecule has 0 fully saturated rings. The minimum atomic E-state index is -0.136. The first-order valence-electron chi connectivity index (χ1n) is 13.0. The van der Waals surface area contributed by atoms with Crippen LogP contribution in [0, 0.1) is 18.2 Å². The molecule has 0 aliphatic heterocycles. The molecule has 0 N–H and O–H groups in total. The molecule has 1 aromatic heterocycles. The number of nitrogens with zero attached hydrogens (tertiary/aromatic N) is 1. The van der Waals surface area contributed by atoms with Crippen molar-refractivity contribution < 1.29 is 4.39 Å². The van der Waals surface area contributed by atoms with E-state index in [1.807, 2.05) is 6.92 Å². The predicted molar refractivity (Wildman–Crippen MR) is 145 cm³/mol. The van der Waals surface area contributed by atoms with Crippen LogP contribution < -0.4 is 0 Å². The van der Waals surface area contributed by atoms with E-state index in [-0.39, 0.29) is 11.2 Å². The summed E-state index contributed by atoms with van der Waals surface area (Å²) in [5, 5.41) is 1.21. The molecule has 2 aliphatic carbocycles. The zero-order chi connectivity index (χ0) is 24.8. The van der Waals surface area contributed by atoms with Crippen LogP contribution in [0.3, 0.4) is 0 Å². The van der Waals surface area contributed by atoms with Crippen LogP contribution in [0.25, 0.3) is 16.5 Å². The van der Waals surface area contributed by atoms with Gasteiger partial charge in [-0.3, -0.25) is 0 Å². The number of hydrogen-bond donors (Lipinski definition) is 0. The summed E-state index contributed by atoms with van der Waals surface area (Å²) >= 11 is 0. The van der Waals surface area contributed by atoms with E-state index < -0.39 is 0 Å². The lowest BCUT2D eigenvalue weighted by atomic mass is 9.66. The summed E-state index contributed by atoms with van der Waals surface area (Å²) < 4.78 is 14.9. The van der Waals surface area contributed by atoms with Crippen molar-refractivity contribution in [3.63, 3.8) is 0 Å². The van der Waals surface area contributed by atoms with E-state index in [0.717, 1.165) is 78.4 Å². The van der Waals surface area contributed by atoms with Crippen molar-refractivity contribution in [2.45, 2.75) is 92.4 Å². The topological polar surface area (TPSA) is 12.9 Å². The largest absolute Gasteiger partial charge is 0.248 e. The number of aryl methyl sites for hydroxylation is 1. The molecule has 1 heterocycles.